The first kappa shape index (κ1) is 16.2. The highest BCUT2D eigenvalue weighted by molar-refractivity contribution is 5.93. The zero-order valence-electron chi connectivity index (χ0n) is 13.4. The van der Waals surface area contributed by atoms with Gasteiger partial charge in [-0.3, -0.25) is 14.4 Å². The van der Waals surface area contributed by atoms with Crippen molar-refractivity contribution in [3.63, 3.8) is 0 Å². The van der Waals surface area contributed by atoms with Gasteiger partial charge in [-0.1, -0.05) is 42.5 Å². The van der Waals surface area contributed by atoms with E-state index >= 15 is 0 Å². The number of carbonyl (C=O) groups excluding carboxylic acids is 2. The van der Waals surface area contributed by atoms with Crippen molar-refractivity contribution in [2.24, 2.45) is 0 Å². The molecule has 1 aliphatic heterocycles. The van der Waals surface area contributed by atoms with Crippen molar-refractivity contribution < 1.29 is 14.4 Å². The minimum atomic E-state index is -0.291. The molecule has 1 saturated heterocycles. The summed E-state index contributed by atoms with van der Waals surface area (Å²) in [6.07, 6.45) is 1.53. The zero-order valence-corrected chi connectivity index (χ0v) is 13.4. The summed E-state index contributed by atoms with van der Waals surface area (Å²) in [7, 11) is 0. The monoisotopic (exact) mass is 324 g/mol. The van der Waals surface area contributed by atoms with Crippen molar-refractivity contribution in [2.45, 2.75) is 26.0 Å². The number of carbonyl (C=O) groups is 2. The summed E-state index contributed by atoms with van der Waals surface area (Å²) in [6, 6.07) is 16.9. The fraction of sp³-hybridized carbons (Fsp3) is 0.263. The van der Waals surface area contributed by atoms with Gasteiger partial charge in [0.2, 0.25) is 5.91 Å². The van der Waals surface area contributed by atoms with E-state index in [1.54, 1.807) is 12.1 Å². The molecular weight excluding hydrogens is 304 g/mol. The van der Waals surface area contributed by atoms with E-state index in [4.69, 9.17) is 4.84 Å². The van der Waals surface area contributed by atoms with Crippen molar-refractivity contribution in [1.29, 1.82) is 0 Å². The highest BCUT2D eigenvalue weighted by Gasteiger charge is 2.20. The molecule has 0 unspecified atom stereocenters. The van der Waals surface area contributed by atoms with E-state index in [0.717, 1.165) is 24.1 Å². The van der Waals surface area contributed by atoms with Gasteiger partial charge in [0.25, 0.3) is 5.91 Å². The van der Waals surface area contributed by atoms with Crippen LogP contribution < -0.4 is 5.48 Å². The fourth-order valence-corrected chi connectivity index (χ4v) is 2.72. The number of nitrogens with one attached hydrogen (secondary N) is 1. The predicted molar refractivity (Wildman–Crippen MR) is 89.8 cm³/mol. The summed E-state index contributed by atoms with van der Waals surface area (Å²) in [5.41, 5.74) is 4.91. The van der Waals surface area contributed by atoms with E-state index in [-0.39, 0.29) is 11.8 Å². The third-order valence-electron chi connectivity index (χ3n) is 3.98. The Labute approximate surface area is 141 Å². The van der Waals surface area contributed by atoms with Crippen molar-refractivity contribution in [2.75, 3.05) is 6.54 Å². The fourth-order valence-electron chi connectivity index (χ4n) is 2.72. The van der Waals surface area contributed by atoms with Gasteiger partial charge in [-0.15, -0.1) is 0 Å². The molecule has 124 valence electrons. The van der Waals surface area contributed by atoms with E-state index in [2.05, 4.69) is 5.48 Å². The normalized spacial score (nSPS) is 14.0. The topological polar surface area (TPSA) is 58.6 Å². The molecule has 3 rings (SSSR count). The van der Waals surface area contributed by atoms with Gasteiger partial charge in [0.15, 0.2) is 0 Å². The molecule has 1 N–H and O–H groups in total. The van der Waals surface area contributed by atoms with Crippen LogP contribution in [0.15, 0.2) is 54.6 Å². The molecule has 5 heteroatoms. The number of hydrogen-bond donors (Lipinski definition) is 1. The number of benzene rings is 2. The SMILES string of the molecule is O=C(NOCc1ccccc1)c1cccc(CN2CCCC2=O)c1. The lowest BCUT2D eigenvalue weighted by Crippen LogP contribution is -2.25. The van der Waals surface area contributed by atoms with E-state index < -0.39 is 0 Å². The molecule has 0 spiro atoms. The Morgan fingerprint density at radius 1 is 1.08 bits per heavy atom. The summed E-state index contributed by atoms with van der Waals surface area (Å²) in [4.78, 5) is 31.0. The highest BCUT2D eigenvalue weighted by Crippen LogP contribution is 2.15. The van der Waals surface area contributed by atoms with Gasteiger partial charge < -0.3 is 4.90 Å². The summed E-state index contributed by atoms with van der Waals surface area (Å²) in [6.45, 7) is 1.65. The van der Waals surface area contributed by atoms with Crippen molar-refractivity contribution in [3.05, 3.63) is 71.3 Å². The van der Waals surface area contributed by atoms with Crippen LogP contribution in [0.25, 0.3) is 0 Å². The molecule has 0 aromatic heterocycles. The highest BCUT2D eigenvalue weighted by atomic mass is 16.6. The van der Waals surface area contributed by atoms with Crippen LogP contribution in [0.4, 0.5) is 0 Å². The van der Waals surface area contributed by atoms with Crippen LogP contribution >= 0.6 is 0 Å². The number of amides is 2. The third kappa shape index (κ3) is 4.20. The lowest BCUT2D eigenvalue weighted by Gasteiger charge is -2.16. The first-order chi connectivity index (χ1) is 11.7. The molecule has 0 atom stereocenters. The Balaban J connectivity index is 1.54. The summed E-state index contributed by atoms with van der Waals surface area (Å²) in [5.74, 6) is -0.114. The summed E-state index contributed by atoms with van der Waals surface area (Å²) < 4.78 is 0. The molecular formula is C19H20N2O3. The summed E-state index contributed by atoms with van der Waals surface area (Å²) >= 11 is 0. The van der Waals surface area contributed by atoms with Crippen LogP contribution in [0.1, 0.15) is 34.3 Å². The number of nitrogens with zero attached hydrogens (tertiary/aromatic N) is 1. The lowest BCUT2D eigenvalue weighted by atomic mass is 10.1. The number of hydroxylamine groups is 1. The number of likely N-dealkylation sites (tertiary alicyclic amines) is 1. The largest absolute Gasteiger partial charge is 0.338 e. The van der Waals surface area contributed by atoms with E-state index in [9.17, 15) is 9.59 Å². The van der Waals surface area contributed by atoms with E-state index in [1.165, 1.54) is 0 Å². The maximum absolute atomic E-state index is 12.2. The quantitative estimate of drug-likeness (QED) is 0.831. The molecule has 24 heavy (non-hydrogen) atoms. The molecule has 1 aliphatic rings. The first-order valence-electron chi connectivity index (χ1n) is 8.05. The molecule has 2 amide bonds. The molecule has 1 heterocycles. The Kier molecular flexibility index (Phi) is 5.23. The Morgan fingerprint density at radius 3 is 2.62 bits per heavy atom. The molecule has 2 aromatic carbocycles. The van der Waals surface area contributed by atoms with Crippen LogP contribution in [-0.4, -0.2) is 23.3 Å². The third-order valence-corrected chi connectivity index (χ3v) is 3.98. The van der Waals surface area contributed by atoms with Gasteiger partial charge >= 0.3 is 0 Å². The Bertz CT molecular complexity index is 716. The molecule has 0 bridgehead atoms. The van der Waals surface area contributed by atoms with Crippen molar-refractivity contribution in [3.8, 4) is 0 Å². The van der Waals surface area contributed by atoms with E-state index in [0.29, 0.717) is 25.1 Å². The smallest absolute Gasteiger partial charge is 0.274 e. The molecule has 1 fully saturated rings. The molecule has 0 aliphatic carbocycles. The second kappa shape index (κ2) is 7.75. The van der Waals surface area contributed by atoms with Gasteiger partial charge in [0, 0.05) is 25.1 Å². The van der Waals surface area contributed by atoms with Crippen molar-refractivity contribution >= 4 is 11.8 Å². The predicted octanol–water partition coefficient (Wildman–Crippen LogP) is 2.67. The standard InChI is InChI=1S/C19H20N2O3/c22-18-10-5-11-21(18)13-16-8-4-9-17(12-16)19(23)20-24-14-15-6-2-1-3-7-15/h1-4,6-9,12H,5,10-11,13-14H2,(H,20,23). The minimum Gasteiger partial charge on any atom is -0.338 e. The molecule has 0 saturated carbocycles. The second-order valence-corrected chi connectivity index (χ2v) is 5.82. The van der Waals surface area contributed by atoms with Crippen LogP contribution in [0.3, 0.4) is 0 Å². The first-order valence-corrected chi connectivity index (χ1v) is 8.05. The average molecular weight is 324 g/mol. The zero-order chi connectivity index (χ0) is 16.8. The molecule has 0 radical (unpaired) electrons. The van der Waals surface area contributed by atoms with Crippen LogP contribution in [0.5, 0.6) is 0 Å². The number of hydrogen-bond acceptors (Lipinski definition) is 3. The number of rotatable bonds is 6. The van der Waals surface area contributed by atoms with Gasteiger partial charge in [0.05, 0.1) is 6.61 Å². The second-order valence-electron chi connectivity index (χ2n) is 5.82. The van der Waals surface area contributed by atoms with Crippen LogP contribution in [-0.2, 0) is 22.8 Å². The molecule has 2 aromatic rings. The lowest BCUT2D eigenvalue weighted by molar-refractivity contribution is -0.128. The van der Waals surface area contributed by atoms with Crippen molar-refractivity contribution in [1.82, 2.24) is 10.4 Å². The van der Waals surface area contributed by atoms with E-state index in [1.807, 2.05) is 47.4 Å². The minimum absolute atomic E-state index is 0.177. The Hall–Kier alpha value is -2.66. The Morgan fingerprint density at radius 2 is 1.88 bits per heavy atom. The van der Waals surface area contributed by atoms with Gasteiger partial charge in [-0.05, 0) is 29.7 Å². The van der Waals surface area contributed by atoms with Crippen LogP contribution in [0, 0.1) is 0 Å². The maximum Gasteiger partial charge on any atom is 0.274 e. The van der Waals surface area contributed by atoms with Gasteiger partial charge in [0.1, 0.15) is 0 Å². The van der Waals surface area contributed by atoms with Gasteiger partial charge in [-0.25, -0.2) is 5.48 Å². The maximum atomic E-state index is 12.2. The summed E-state index contributed by atoms with van der Waals surface area (Å²) in [5, 5.41) is 0. The average Bonchev–Trinajstić information content (AvgIpc) is 3.01. The van der Waals surface area contributed by atoms with Crippen LogP contribution in [0.2, 0.25) is 0 Å². The van der Waals surface area contributed by atoms with Gasteiger partial charge in [-0.2, -0.15) is 0 Å². The molecule has 5 nitrogen and oxygen atoms in total.